The van der Waals surface area contributed by atoms with E-state index in [1.54, 1.807) is 45.0 Å². The Balaban J connectivity index is 1.75. The highest BCUT2D eigenvalue weighted by molar-refractivity contribution is 6.26. The van der Waals surface area contributed by atoms with E-state index in [0.29, 0.717) is 34.2 Å². The maximum atomic E-state index is 13.4. The van der Waals surface area contributed by atoms with Gasteiger partial charge < -0.3 is 19.7 Å². The molecule has 1 aliphatic carbocycles. The number of fused-ring (bicyclic) bond motifs is 5. The van der Waals surface area contributed by atoms with Crippen molar-refractivity contribution in [3.63, 3.8) is 0 Å². The smallest absolute Gasteiger partial charge is 0.407 e. The Kier molecular flexibility index (Phi) is 5.53. The van der Waals surface area contributed by atoms with Crippen LogP contribution in [0.25, 0.3) is 22.0 Å². The van der Waals surface area contributed by atoms with Crippen LogP contribution in [0.1, 0.15) is 53.5 Å². The number of nitrogens with one attached hydrogen (secondary N) is 1. The summed E-state index contributed by atoms with van der Waals surface area (Å²) < 4.78 is 6.73. The number of benzene rings is 2. The number of rotatable bonds is 5. The van der Waals surface area contributed by atoms with Crippen molar-refractivity contribution in [3.05, 3.63) is 69.5 Å². The lowest BCUT2D eigenvalue weighted by Gasteiger charge is -2.20. The Hall–Kier alpha value is -3.94. The van der Waals surface area contributed by atoms with Gasteiger partial charge in [-0.2, -0.15) is 0 Å². The summed E-state index contributed by atoms with van der Waals surface area (Å²) in [4.78, 5) is 50.0. The maximum Gasteiger partial charge on any atom is 0.407 e. The van der Waals surface area contributed by atoms with Crippen molar-refractivity contribution in [3.8, 4) is 11.3 Å². The molecule has 8 heteroatoms. The molecule has 1 amide bonds. The van der Waals surface area contributed by atoms with Gasteiger partial charge in [-0.3, -0.25) is 9.59 Å². The molecule has 0 bridgehead atoms. The molecule has 0 unspecified atom stereocenters. The maximum absolute atomic E-state index is 13.4. The molecule has 8 nitrogen and oxygen atoms in total. The van der Waals surface area contributed by atoms with Crippen molar-refractivity contribution in [2.45, 2.75) is 39.3 Å². The van der Waals surface area contributed by atoms with E-state index < -0.39 is 17.7 Å². The number of carboxylic acid groups (broad SMARTS) is 1. The van der Waals surface area contributed by atoms with E-state index in [2.05, 4.69) is 5.32 Å². The number of ether oxygens (including phenoxy) is 1. The van der Waals surface area contributed by atoms with Gasteiger partial charge in [0.05, 0.1) is 16.8 Å². The van der Waals surface area contributed by atoms with E-state index >= 15 is 0 Å². The van der Waals surface area contributed by atoms with Crippen LogP contribution >= 0.6 is 0 Å². The number of carbonyl (C=O) groups excluding carboxylic acids is 2. The van der Waals surface area contributed by atoms with Crippen molar-refractivity contribution < 1.29 is 24.2 Å². The van der Waals surface area contributed by atoms with Crippen LogP contribution in [0.15, 0.2) is 47.3 Å². The van der Waals surface area contributed by atoms with Crippen molar-refractivity contribution >= 4 is 28.6 Å². The molecule has 3 aromatic rings. The number of alkyl carbamates (subject to hydrolysis) is 1. The third kappa shape index (κ3) is 4.11. The number of amides is 1. The van der Waals surface area contributed by atoms with Gasteiger partial charge in [-0.25, -0.2) is 9.59 Å². The summed E-state index contributed by atoms with van der Waals surface area (Å²) >= 11 is 0. The second kappa shape index (κ2) is 8.20. The Labute approximate surface area is 189 Å². The first-order valence-electron chi connectivity index (χ1n) is 10.6. The molecule has 4 rings (SSSR count). The third-order valence-electron chi connectivity index (χ3n) is 5.40. The summed E-state index contributed by atoms with van der Waals surface area (Å²) in [5.74, 6) is -1.35. The number of aromatic nitrogens is 1. The molecule has 0 atom stereocenters. The number of hydrogen-bond acceptors (Lipinski definition) is 5. The summed E-state index contributed by atoms with van der Waals surface area (Å²) in [6.07, 6.45) is -0.142. The summed E-state index contributed by atoms with van der Waals surface area (Å²) in [6, 6.07) is 11.3. The molecular weight excluding hydrogens is 424 g/mol. The summed E-state index contributed by atoms with van der Waals surface area (Å²) in [5.41, 5.74) is 1.05. The average molecular weight is 448 g/mol. The number of carboxylic acids is 1. The van der Waals surface area contributed by atoms with Crippen LogP contribution in [0.5, 0.6) is 0 Å². The molecule has 0 radical (unpaired) electrons. The number of aromatic carboxylic acids is 1. The number of carbonyl (C=O) groups is 3. The number of ketones is 1. The van der Waals surface area contributed by atoms with E-state index in [1.165, 1.54) is 22.8 Å². The number of nitrogens with zero attached hydrogens (tertiary/aromatic N) is 1. The average Bonchev–Trinajstić information content (AvgIpc) is 3.04. The van der Waals surface area contributed by atoms with Gasteiger partial charge >= 0.3 is 12.1 Å². The molecule has 0 saturated heterocycles. The van der Waals surface area contributed by atoms with Gasteiger partial charge in [0.25, 0.3) is 5.56 Å². The highest BCUT2D eigenvalue weighted by Gasteiger charge is 2.32. The number of hydrogen-bond donors (Lipinski definition) is 2. The highest BCUT2D eigenvalue weighted by Crippen LogP contribution is 2.39. The highest BCUT2D eigenvalue weighted by atomic mass is 16.6. The van der Waals surface area contributed by atoms with Crippen LogP contribution < -0.4 is 10.9 Å². The molecule has 2 aromatic carbocycles. The molecule has 1 aromatic heterocycles. The fourth-order valence-corrected chi connectivity index (χ4v) is 4.07. The molecule has 0 fully saturated rings. The zero-order valence-electron chi connectivity index (χ0n) is 18.6. The first-order chi connectivity index (χ1) is 15.6. The third-order valence-corrected chi connectivity index (χ3v) is 5.40. The van der Waals surface area contributed by atoms with Crippen LogP contribution in [0.2, 0.25) is 0 Å². The van der Waals surface area contributed by atoms with E-state index in [4.69, 9.17) is 4.74 Å². The predicted molar refractivity (Wildman–Crippen MR) is 123 cm³/mol. The molecule has 2 N–H and O–H groups in total. The van der Waals surface area contributed by atoms with E-state index in [-0.39, 0.29) is 35.4 Å². The van der Waals surface area contributed by atoms with Crippen molar-refractivity contribution in [1.29, 1.82) is 0 Å². The molecule has 170 valence electrons. The van der Waals surface area contributed by atoms with Gasteiger partial charge in [-0.1, -0.05) is 30.3 Å². The Morgan fingerprint density at radius 1 is 1.03 bits per heavy atom. The standard InChI is InChI=1S/C25H24N2O6/c1-25(2,3)33-24(32)26-11-6-12-27-20-16-7-4-5-8-17(16)21(28)19(20)15-10-9-14(23(30)31)13-18(15)22(27)29/h4-5,7-10,13H,6,11-12H2,1-3H3,(H,26,32)(H,30,31). The first-order valence-corrected chi connectivity index (χ1v) is 10.6. The lowest BCUT2D eigenvalue weighted by atomic mass is 10.0. The quantitative estimate of drug-likeness (QED) is 0.449. The minimum atomic E-state index is -1.15. The second-order valence-electron chi connectivity index (χ2n) is 8.90. The van der Waals surface area contributed by atoms with Crippen LogP contribution in [0.3, 0.4) is 0 Å². The summed E-state index contributed by atoms with van der Waals surface area (Å²) in [5, 5.41) is 12.6. The fraction of sp³-hybridized carbons (Fsp3) is 0.280. The van der Waals surface area contributed by atoms with Gasteiger partial charge in [0.1, 0.15) is 5.60 Å². The fourth-order valence-electron chi connectivity index (χ4n) is 4.07. The van der Waals surface area contributed by atoms with Crippen LogP contribution in [-0.2, 0) is 11.3 Å². The monoisotopic (exact) mass is 448 g/mol. The minimum absolute atomic E-state index is 0.0272. The Bertz CT molecular complexity index is 1360. The van der Waals surface area contributed by atoms with Crippen LogP contribution in [0.4, 0.5) is 4.79 Å². The van der Waals surface area contributed by atoms with Gasteiger partial charge in [0.2, 0.25) is 0 Å². The SMILES string of the molecule is CC(C)(C)OC(=O)NCCCn1c2c(c3ccc(C(=O)O)cc3c1=O)C(=O)c1ccccc1-2. The zero-order valence-corrected chi connectivity index (χ0v) is 18.6. The second-order valence-corrected chi connectivity index (χ2v) is 8.90. The van der Waals surface area contributed by atoms with Crippen LogP contribution in [-0.4, -0.2) is 39.7 Å². The molecule has 33 heavy (non-hydrogen) atoms. The summed E-state index contributed by atoms with van der Waals surface area (Å²) in [6.45, 7) is 5.80. The van der Waals surface area contributed by atoms with E-state index in [0.717, 1.165) is 0 Å². The van der Waals surface area contributed by atoms with Crippen molar-refractivity contribution in [2.75, 3.05) is 6.54 Å². The summed E-state index contributed by atoms with van der Waals surface area (Å²) in [7, 11) is 0. The van der Waals surface area contributed by atoms with Crippen molar-refractivity contribution in [1.82, 2.24) is 9.88 Å². The van der Waals surface area contributed by atoms with Gasteiger partial charge in [0.15, 0.2) is 5.78 Å². The van der Waals surface area contributed by atoms with E-state index in [9.17, 15) is 24.3 Å². The molecular formula is C25H24N2O6. The zero-order chi connectivity index (χ0) is 23.9. The minimum Gasteiger partial charge on any atom is -0.478 e. The Morgan fingerprint density at radius 2 is 1.73 bits per heavy atom. The normalized spacial score (nSPS) is 12.4. The van der Waals surface area contributed by atoms with E-state index in [1.807, 2.05) is 0 Å². The molecule has 0 saturated carbocycles. The Morgan fingerprint density at radius 3 is 2.39 bits per heavy atom. The topological polar surface area (TPSA) is 115 Å². The first kappa shape index (κ1) is 22.3. The lowest BCUT2D eigenvalue weighted by molar-refractivity contribution is 0.0526. The largest absolute Gasteiger partial charge is 0.478 e. The molecule has 0 aliphatic heterocycles. The molecule has 0 spiro atoms. The van der Waals surface area contributed by atoms with Crippen LogP contribution in [0, 0.1) is 0 Å². The molecule has 1 heterocycles. The van der Waals surface area contributed by atoms with Gasteiger partial charge in [-0.05, 0) is 39.3 Å². The lowest BCUT2D eigenvalue weighted by Crippen LogP contribution is -2.33. The molecule has 1 aliphatic rings. The predicted octanol–water partition coefficient (Wildman–Crippen LogP) is 3.83. The van der Waals surface area contributed by atoms with Gasteiger partial charge in [0, 0.05) is 35.0 Å². The number of pyridine rings is 1. The van der Waals surface area contributed by atoms with Gasteiger partial charge in [-0.15, -0.1) is 0 Å². The van der Waals surface area contributed by atoms with Crippen molar-refractivity contribution in [2.24, 2.45) is 0 Å².